The van der Waals surface area contributed by atoms with Gasteiger partial charge in [-0.3, -0.25) is 5.10 Å². The Morgan fingerprint density at radius 1 is 1.31 bits per heavy atom. The normalized spacial score (nSPS) is 23.2. The Morgan fingerprint density at radius 2 is 2.17 bits per heavy atom. The lowest BCUT2D eigenvalue weighted by molar-refractivity contribution is -0.125. The molecular weight excluding hydrogens is 364 g/mol. The Labute approximate surface area is 172 Å². The van der Waals surface area contributed by atoms with E-state index in [1.54, 1.807) is 0 Å². The summed E-state index contributed by atoms with van der Waals surface area (Å²) in [5.74, 6) is 1.67. The van der Waals surface area contributed by atoms with Crippen LogP contribution >= 0.6 is 0 Å². The summed E-state index contributed by atoms with van der Waals surface area (Å²) in [7, 11) is 0. The highest BCUT2D eigenvalue weighted by Gasteiger charge is 2.56. The smallest absolute Gasteiger partial charge is 0.191 e. The van der Waals surface area contributed by atoms with Gasteiger partial charge < -0.3 is 15.4 Å². The van der Waals surface area contributed by atoms with Crippen molar-refractivity contribution in [3.8, 4) is 11.4 Å². The first-order valence-corrected chi connectivity index (χ1v) is 10.9. The van der Waals surface area contributed by atoms with Crippen molar-refractivity contribution in [2.45, 2.75) is 64.6 Å². The molecule has 7 heteroatoms. The molecule has 1 heterocycles. The predicted molar refractivity (Wildman–Crippen MR) is 114 cm³/mol. The zero-order valence-corrected chi connectivity index (χ0v) is 17.4. The first-order chi connectivity index (χ1) is 14.2. The number of benzene rings is 1. The molecule has 2 aliphatic carbocycles. The summed E-state index contributed by atoms with van der Waals surface area (Å²) in [6.07, 6.45) is 8.13. The van der Waals surface area contributed by atoms with Crippen molar-refractivity contribution in [3.63, 3.8) is 0 Å². The molecule has 1 spiro atoms. The molecule has 2 aliphatic rings. The number of hydrogen-bond donors (Lipinski definition) is 3. The lowest BCUT2D eigenvalue weighted by Crippen LogP contribution is -2.65. The molecule has 2 saturated carbocycles. The SMILES string of the molecule is CCNC(=NCc1cccc(-c2ncn[nH]2)c1)NC1CC(OCC)C12CCCC2. The minimum absolute atomic E-state index is 0.290. The van der Waals surface area contributed by atoms with Crippen LogP contribution in [0.2, 0.25) is 0 Å². The minimum Gasteiger partial charge on any atom is -0.378 e. The highest BCUT2D eigenvalue weighted by molar-refractivity contribution is 5.80. The molecule has 156 valence electrons. The fourth-order valence-electron chi connectivity index (χ4n) is 4.91. The van der Waals surface area contributed by atoms with E-state index in [9.17, 15) is 0 Å². The van der Waals surface area contributed by atoms with Gasteiger partial charge in [0.05, 0.1) is 12.6 Å². The summed E-state index contributed by atoms with van der Waals surface area (Å²) in [4.78, 5) is 9.10. The average Bonchev–Trinajstić information content (AvgIpc) is 3.45. The molecule has 0 saturated heterocycles. The van der Waals surface area contributed by atoms with Crippen LogP contribution < -0.4 is 10.6 Å². The Morgan fingerprint density at radius 3 is 2.90 bits per heavy atom. The first-order valence-electron chi connectivity index (χ1n) is 10.9. The van der Waals surface area contributed by atoms with E-state index in [1.165, 1.54) is 32.0 Å². The van der Waals surface area contributed by atoms with E-state index in [1.807, 2.05) is 12.1 Å². The molecule has 0 amide bonds. The summed E-state index contributed by atoms with van der Waals surface area (Å²) in [6, 6.07) is 8.72. The monoisotopic (exact) mass is 396 g/mol. The predicted octanol–water partition coefficient (Wildman–Crippen LogP) is 3.26. The maximum Gasteiger partial charge on any atom is 0.191 e. The molecular formula is C22H32N6O. The van der Waals surface area contributed by atoms with Crippen LogP contribution in [-0.4, -0.2) is 46.4 Å². The third-order valence-corrected chi connectivity index (χ3v) is 6.38. The second kappa shape index (κ2) is 8.95. The molecule has 2 atom stereocenters. The molecule has 1 aromatic heterocycles. The fraction of sp³-hybridized carbons (Fsp3) is 0.591. The molecule has 29 heavy (non-hydrogen) atoms. The zero-order chi connectivity index (χ0) is 20.1. The summed E-state index contributed by atoms with van der Waals surface area (Å²) < 4.78 is 6.05. The van der Waals surface area contributed by atoms with Crippen LogP contribution in [0.3, 0.4) is 0 Å². The van der Waals surface area contributed by atoms with Crippen molar-refractivity contribution in [1.82, 2.24) is 25.8 Å². The molecule has 1 aromatic carbocycles. The van der Waals surface area contributed by atoms with E-state index in [0.717, 1.165) is 42.5 Å². The van der Waals surface area contributed by atoms with E-state index in [-0.39, 0.29) is 0 Å². The number of nitrogens with one attached hydrogen (secondary N) is 3. The van der Waals surface area contributed by atoms with Crippen LogP contribution in [0.4, 0.5) is 0 Å². The highest BCUT2D eigenvalue weighted by atomic mass is 16.5. The maximum absolute atomic E-state index is 6.05. The number of ether oxygens (including phenoxy) is 1. The van der Waals surface area contributed by atoms with E-state index in [2.05, 4.69) is 51.8 Å². The fourth-order valence-corrected chi connectivity index (χ4v) is 4.91. The number of aromatic amines is 1. The molecule has 4 rings (SSSR count). The molecule has 7 nitrogen and oxygen atoms in total. The molecule has 0 aliphatic heterocycles. The number of nitrogens with zero attached hydrogens (tertiary/aromatic N) is 3. The van der Waals surface area contributed by atoms with Gasteiger partial charge in [0, 0.05) is 30.2 Å². The number of hydrogen-bond acceptors (Lipinski definition) is 4. The van der Waals surface area contributed by atoms with Crippen LogP contribution in [-0.2, 0) is 11.3 Å². The molecule has 3 N–H and O–H groups in total. The van der Waals surface area contributed by atoms with Gasteiger partial charge in [0.25, 0.3) is 0 Å². The number of aliphatic imine (C=N–C) groups is 1. The van der Waals surface area contributed by atoms with Gasteiger partial charge in [-0.05, 0) is 44.7 Å². The third-order valence-electron chi connectivity index (χ3n) is 6.38. The van der Waals surface area contributed by atoms with Crippen molar-refractivity contribution in [2.24, 2.45) is 10.4 Å². The second-order valence-electron chi connectivity index (χ2n) is 8.05. The molecule has 2 aromatic rings. The van der Waals surface area contributed by atoms with Crippen molar-refractivity contribution >= 4 is 5.96 Å². The third kappa shape index (κ3) is 4.15. The number of rotatable bonds is 7. The van der Waals surface area contributed by atoms with Gasteiger partial charge >= 0.3 is 0 Å². The Kier molecular flexibility index (Phi) is 6.13. The topological polar surface area (TPSA) is 87.2 Å². The Balaban J connectivity index is 1.44. The van der Waals surface area contributed by atoms with Gasteiger partial charge in [-0.25, -0.2) is 9.98 Å². The average molecular weight is 397 g/mol. The molecule has 0 radical (unpaired) electrons. The summed E-state index contributed by atoms with van der Waals surface area (Å²) in [5, 5.41) is 14.0. The maximum atomic E-state index is 6.05. The number of H-pyrrole nitrogens is 1. The van der Waals surface area contributed by atoms with Gasteiger partial charge in [-0.2, -0.15) is 5.10 Å². The van der Waals surface area contributed by atoms with Crippen molar-refractivity contribution in [2.75, 3.05) is 13.2 Å². The van der Waals surface area contributed by atoms with E-state index < -0.39 is 0 Å². The lowest BCUT2D eigenvalue weighted by atomic mass is 9.60. The van der Waals surface area contributed by atoms with Crippen LogP contribution in [0.1, 0.15) is 51.5 Å². The van der Waals surface area contributed by atoms with E-state index in [4.69, 9.17) is 9.73 Å². The largest absolute Gasteiger partial charge is 0.378 e. The van der Waals surface area contributed by atoms with E-state index in [0.29, 0.717) is 24.1 Å². The van der Waals surface area contributed by atoms with Gasteiger partial charge in [-0.15, -0.1) is 0 Å². The van der Waals surface area contributed by atoms with Gasteiger partial charge in [0.2, 0.25) is 0 Å². The Hall–Kier alpha value is -2.41. The minimum atomic E-state index is 0.290. The van der Waals surface area contributed by atoms with E-state index >= 15 is 0 Å². The van der Waals surface area contributed by atoms with Gasteiger partial charge in [0.1, 0.15) is 6.33 Å². The molecule has 0 bridgehead atoms. The van der Waals surface area contributed by atoms with Crippen LogP contribution in [0, 0.1) is 5.41 Å². The molecule has 2 unspecified atom stereocenters. The lowest BCUT2D eigenvalue weighted by Gasteiger charge is -2.54. The standard InChI is InChI=1S/C22H32N6O/c1-3-23-21(27-18-13-19(29-4-2)22(18)10-5-6-11-22)24-14-16-8-7-9-17(12-16)20-25-15-26-28-20/h7-9,12,15,18-19H,3-6,10-11,13-14H2,1-2H3,(H2,23,24,27)(H,25,26,28). The first kappa shape index (κ1) is 19.9. The Bertz CT molecular complexity index is 812. The molecule has 2 fully saturated rings. The van der Waals surface area contributed by atoms with Crippen LogP contribution in [0.25, 0.3) is 11.4 Å². The summed E-state index contributed by atoms with van der Waals surface area (Å²) in [6.45, 7) is 6.47. The second-order valence-corrected chi connectivity index (χ2v) is 8.05. The summed E-state index contributed by atoms with van der Waals surface area (Å²) in [5.41, 5.74) is 2.46. The van der Waals surface area contributed by atoms with Crippen molar-refractivity contribution < 1.29 is 4.74 Å². The summed E-state index contributed by atoms with van der Waals surface area (Å²) >= 11 is 0. The van der Waals surface area contributed by atoms with Gasteiger partial charge in [0.15, 0.2) is 11.8 Å². The van der Waals surface area contributed by atoms with Crippen LogP contribution in [0.15, 0.2) is 35.6 Å². The zero-order valence-electron chi connectivity index (χ0n) is 17.4. The quantitative estimate of drug-likeness (QED) is 0.494. The number of aromatic nitrogens is 3. The van der Waals surface area contributed by atoms with Crippen molar-refractivity contribution in [3.05, 3.63) is 36.2 Å². The number of guanidine groups is 1. The highest BCUT2D eigenvalue weighted by Crippen LogP contribution is 2.54. The van der Waals surface area contributed by atoms with Crippen molar-refractivity contribution in [1.29, 1.82) is 0 Å². The van der Waals surface area contributed by atoms with Crippen LogP contribution in [0.5, 0.6) is 0 Å². The van der Waals surface area contributed by atoms with Gasteiger partial charge in [-0.1, -0.05) is 31.0 Å².